The maximum Gasteiger partial charge on any atom is 0.345 e. The van der Waals surface area contributed by atoms with E-state index in [9.17, 15) is 8.78 Å². The molecule has 1 aliphatic rings. The van der Waals surface area contributed by atoms with Crippen molar-refractivity contribution < 1.29 is 13.5 Å². The number of alkyl halides is 2. The van der Waals surface area contributed by atoms with Crippen molar-refractivity contribution in [3.05, 3.63) is 0 Å². The number of hydrogen-bond acceptors (Lipinski definition) is 2. The summed E-state index contributed by atoms with van der Waals surface area (Å²) in [7, 11) is 0. The molecular formula is C6H11F2NO. The van der Waals surface area contributed by atoms with Crippen molar-refractivity contribution in [3.63, 3.8) is 0 Å². The van der Waals surface area contributed by atoms with Gasteiger partial charge in [-0.1, -0.05) is 0 Å². The molecule has 10 heavy (non-hydrogen) atoms. The van der Waals surface area contributed by atoms with Crippen molar-refractivity contribution >= 4 is 0 Å². The Hall–Kier alpha value is -0.220. The van der Waals surface area contributed by atoms with Crippen LogP contribution in [0.15, 0.2) is 0 Å². The summed E-state index contributed by atoms with van der Waals surface area (Å²) in [6.07, 6.45) is 0.951. The fourth-order valence-corrected chi connectivity index (χ4v) is 1.07. The van der Waals surface area contributed by atoms with Gasteiger partial charge in [-0.25, -0.2) is 0 Å². The molecule has 0 radical (unpaired) electrons. The third-order valence-corrected chi connectivity index (χ3v) is 1.62. The molecule has 1 heterocycles. The molecule has 60 valence electrons. The lowest BCUT2D eigenvalue weighted by Gasteiger charge is -2.07. The summed E-state index contributed by atoms with van der Waals surface area (Å²) in [5, 5.41) is 3.07. The lowest BCUT2D eigenvalue weighted by Crippen LogP contribution is -2.15. The topological polar surface area (TPSA) is 21.3 Å². The van der Waals surface area contributed by atoms with Crippen molar-refractivity contribution in [2.24, 2.45) is 5.92 Å². The summed E-state index contributed by atoms with van der Waals surface area (Å²) in [6, 6.07) is 0. The molecule has 1 saturated heterocycles. The van der Waals surface area contributed by atoms with Crippen LogP contribution in [0.5, 0.6) is 0 Å². The molecule has 2 nitrogen and oxygen atoms in total. The van der Waals surface area contributed by atoms with Gasteiger partial charge in [0, 0.05) is 6.54 Å². The second kappa shape index (κ2) is 3.83. The first kappa shape index (κ1) is 7.88. The molecule has 0 saturated carbocycles. The Bertz CT molecular complexity index is 93.7. The largest absolute Gasteiger partial charge is 0.345 e. The van der Waals surface area contributed by atoms with E-state index in [-0.39, 0.29) is 12.5 Å². The van der Waals surface area contributed by atoms with E-state index in [4.69, 9.17) is 0 Å². The molecular weight excluding hydrogens is 140 g/mol. The van der Waals surface area contributed by atoms with E-state index in [1.165, 1.54) is 0 Å². The molecule has 4 heteroatoms. The Labute approximate surface area is 58.6 Å². The van der Waals surface area contributed by atoms with Crippen LogP contribution in [0.2, 0.25) is 0 Å². The molecule has 0 aromatic heterocycles. The highest BCUT2D eigenvalue weighted by molar-refractivity contribution is 4.69. The zero-order valence-corrected chi connectivity index (χ0v) is 5.65. The van der Waals surface area contributed by atoms with Gasteiger partial charge in [-0.2, -0.15) is 8.78 Å². The SMILES string of the molecule is FC(F)OC[C@@H]1CCNC1. The zero-order valence-electron chi connectivity index (χ0n) is 5.65. The van der Waals surface area contributed by atoms with Crippen molar-refractivity contribution in [2.75, 3.05) is 19.7 Å². The monoisotopic (exact) mass is 151 g/mol. The molecule has 1 N–H and O–H groups in total. The Kier molecular flexibility index (Phi) is 3.02. The first-order valence-electron chi connectivity index (χ1n) is 3.39. The summed E-state index contributed by atoms with van der Waals surface area (Å²) in [5.41, 5.74) is 0. The molecule has 0 aromatic carbocycles. The van der Waals surface area contributed by atoms with Gasteiger partial charge in [0.15, 0.2) is 0 Å². The maximum atomic E-state index is 11.4. The van der Waals surface area contributed by atoms with Crippen LogP contribution in [0.25, 0.3) is 0 Å². The standard InChI is InChI=1S/C6H11F2NO/c7-6(8)10-4-5-1-2-9-3-5/h5-6,9H,1-4H2/t5-/m1/s1. The highest BCUT2D eigenvalue weighted by Crippen LogP contribution is 2.09. The molecule has 0 amide bonds. The third-order valence-electron chi connectivity index (χ3n) is 1.62. The average Bonchev–Trinajstić information content (AvgIpc) is 2.34. The molecule has 0 unspecified atom stereocenters. The number of nitrogens with one attached hydrogen (secondary N) is 1. The van der Waals surface area contributed by atoms with Gasteiger partial charge in [0.25, 0.3) is 0 Å². The quantitative estimate of drug-likeness (QED) is 0.645. The first-order chi connectivity index (χ1) is 4.79. The molecule has 0 aliphatic carbocycles. The minimum atomic E-state index is -2.61. The Morgan fingerprint density at radius 1 is 1.60 bits per heavy atom. The van der Waals surface area contributed by atoms with Crippen LogP contribution in [0.3, 0.4) is 0 Å². The minimum Gasteiger partial charge on any atom is -0.323 e. The normalized spacial score (nSPS) is 26.1. The lowest BCUT2D eigenvalue weighted by atomic mass is 10.1. The van der Waals surface area contributed by atoms with E-state index in [1.54, 1.807) is 0 Å². The van der Waals surface area contributed by atoms with Gasteiger partial charge in [-0.15, -0.1) is 0 Å². The van der Waals surface area contributed by atoms with Gasteiger partial charge in [0.05, 0.1) is 6.61 Å². The molecule has 0 aromatic rings. The highest BCUT2D eigenvalue weighted by Gasteiger charge is 2.15. The van der Waals surface area contributed by atoms with E-state index in [1.807, 2.05) is 0 Å². The molecule has 1 atom stereocenters. The number of halogens is 2. The van der Waals surface area contributed by atoms with Gasteiger partial charge in [0.2, 0.25) is 0 Å². The highest BCUT2D eigenvalue weighted by atomic mass is 19.3. The molecule has 1 rings (SSSR count). The molecule has 0 spiro atoms. The third kappa shape index (κ3) is 2.58. The van der Waals surface area contributed by atoms with Crippen molar-refractivity contribution in [2.45, 2.75) is 13.0 Å². The fourth-order valence-electron chi connectivity index (χ4n) is 1.07. The van der Waals surface area contributed by atoms with E-state index in [0.717, 1.165) is 19.5 Å². The number of rotatable bonds is 3. The Morgan fingerprint density at radius 3 is 2.90 bits per heavy atom. The van der Waals surface area contributed by atoms with Gasteiger partial charge in [-0.3, -0.25) is 0 Å². The second-order valence-electron chi connectivity index (χ2n) is 2.45. The van der Waals surface area contributed by atoms with Crippen LogP contribution in [0, 0.1) is 5.92 Å². The van der Waals surface area contributed by atoms with E-state index in [2.05, 4.69) is 10.1 Å². The molecule has 0 bridgehead atoms. The van der Waals surface area contributed by atoms with Crippen molar-refractivity contribution in [3.8, 4) is 0 Å². The summed E-state index contributed by atoms with van der Waals surface area (Å²) in [5.74, 6) is 0.286. The Balaban J connectivity index is 2.01. The van der Waals surface area contributed by atoms with Crippen molar-refractivity contribution in [1.29, 1.82) is 0 Å². The predicted octanol–water partition coefficient (Wildman–Crippen LogP) is 0.835. The van der Waals surface area contributed by atoms with Gasteiger partial charge >= 0.3 is 6.61 Å². The summed E-state index contributed by atoms with van der Waals surface area (Å²) in [4.78, 5) is 0. The fraction of sp³-hybridized carbons (Fsp3) is 1.00. The summed E-state index contributed by atoms with van der Waals surface area (Å²) < 4.78 is 27.0. The smallest absolute Gasteiger partial charge is 0.323 e. The Morgan fingerprint density at radius 2 is 2.40 bits per heavy atom. The van der Waals surface area contributed by atoms with Gasteiger partial charge in [-0.05, 0) is 18.9 Å². The second-order valence-corrected chi connectivity index (χ2v) is 2.45. The van der Waals surface area contributed by atoms with E-state index in [0.29, 0.717) is 0 Å². The van der Waals surface area contributed by atoms with E-state index >= 15 is 0 Å². The maximum absolute atomic E-state index is 11.4. The summed E-state index contributed by atoms with van der Waals surface area (Å²) >= 11 is 0. The number of hydrogen-bond donors (Lipinski definition) is 1. The minimum absolute atomic E-state index is 0.185. The lowest BCUT2D eigenvalue weighted by molar-refractivity contribution is -0.136. The van der Waals surface area contributed by atoms with Gasteiger partial charge in [0.1, 0.15) is 0 Å². The van der Waals surface area contributed by atoms with Crippen LogP contribution >= 0.6 is 0 Å². The summed E-state index contributed by atoms with van der Waals surface area (Å²) in [6.45, 7) is -0.685. The van der Waals surface area contributed by atoms with Crippen LogP contribution in [-0.2, 0) is 4.74 Å². The van der Waals surface area contributed by atoms with Crippen molar-refractivity contribution in [1.82, 2.24) is 5.32 Å². The predicted molar refractivity (Wildman–Crippen MR) is 32.9 cm³/mol. The number of ether oxygens (including phenoxy) is 1. The van der Waals surface area contributed by atoms with Crippen LogP contribution in [-0.4, -0.2) is 26.3 Å². The molecule has 1 fully saturated rings. The molecule has 1 aliphatic heterocycles. The average molecular weight is 151 g/mol. The first-order valence-corrected chi connectivity index (χ1v) is 3.39. The van der Waals surface area contributed by atoms with E-state index < -0.39 is 6.61 Å². The zero-order chi connectivity index (χ0) is 7.40. The van der Waals surface area contributed by atoms with Crippen LogP contribution < -0.4 is 5.32 Å². The van der Waals surface area contributed by atoms with Crippen LogP contribution in [0.4, 0.5) is 8.78 Å². The van der Waals surface area contributed by atoms with Crippen LogP contribution in [0.1, 0.15) is 6.42 Å². The van der Waals surface area contributed by atoms with Gasteiger partial charge < -0.3 is 10.1 Å².